The molecule has 25 heavy (non-hydrogen) atoms. The molecule has 2 heterocycles. The van der Waals surface area contributed by atoms with Crippen molar-refractivity contribution in [2.45, 2.75) is 25.9 Å². The van der Waals surface area contributed by atoms with E-state index in [4.69, 9.17) is 11.6 Å². The highest BCUT2D eigenvalue weighted by atomic mass is 35.5. The van der Waals surface area contributed by atoms with Gasteiger partial charge in [0.25, 0.3) is 5.82 Å². The number of halogens is 2. The molecule has 1 aliphatic heterocycles. The Bertz CT molecular complexity index is 947. The van der Waals surface area contributed by atoms with Gasteiger partial charge in [0.15, 0.2) is 12.2 Å². The molecule has 1 aromatic heterocycles. The zero-order valence-electron chi connectivity index (χ0n) is 13.6. The molecule has 0 atom stereocenters. The van der Waals surface area contributed by atoms with Crippen molar-refractivity contribution in [3.8, 4) is 11.3 Å². The van der Waals surface area contributed by atoms with Crippen LogP contribution in [0.15, 0.2) is 54.7 Å². The van der Waals surface area contributed by atoms with Gasteiger partial charge < -0.3 is 0 Å². The van der Waals surface area contributed by atoms with Crippen molar-refractivity contribution >= 4 is 17.4 Å². The number of ketones is 1. The normalized spacial score (nSPS) is 13.0. The maximum Gasteiger partial charge on any atom is 0.257 e. The van der Waals surface area contributed by atoms with Gasteiger partial charge in [0.2, 0.25) is 5.78 Å². The van der Waals surface area contributed by atoms with Crippen LogP contribution in [0.4, 0.5) is 4.39 Å². The van der Waals surface area contributed by atoms with Crippen LogP contribution in [0.5, 0.6) is 0 Å². The first-order valence-corrected chi connectivity index (χ1v) is 8.67. The highest BCUT2D eigenvalue weighted by Crippen LogP contribution is 2.25. The van der Waals surface area contributed by atoms with Gasteiger partial charge in [0.05, 0.1) is 18.0 Å². The van der Waals surface area contributed by atoms with Crippen LogP contribution in [0.3, 0.4) is 0 Å². The van der Waals surface area contributed by atoms with E-state index in [0.717, 1.165) is 36.5 Å². The van der Waals surface area contributed by atoms with Crippen molar-refractivity contribution in [1.29, 1.82) is 0 Å². The molecule has 2 aromatic carbocycles. The van der Waals surface area contributed by atoms with Gasteiger partial charge in [0, 0.05) is 11.1 Å². The van der Waals surface area contributed by atoms with E-state index in [2.05, 4.69) is 4.57 Å². The summed E-state index contributed by atoms with van der Waals surface area (Å²) in [5.41, 5.74) is 2.51. The fourth-order valence-electron chi connectivity index (χ4n) is 3.42. The Morgan fingerprint density at radius 1 is 1.16 bits per heavy atom. The lowest BCUT2D eigenvalue weighted by Gasteiger charge is -2.02. The molecule has 0 saturated heterocycles. The number of benzene rings is 2. The number of nitrogens with zero attached hydrogens (tertiary/aromatic N) is 2. The summed E-state index contributed by atoms with van der Waals surface area (Å²) in [4.78, 5) is 12.7. The van der Waals surface area contributed by atoms with E-state index in [9.17, 15) is 9.18 Å². The van der Waals surface area contributed by atoms with E-state index in [1.807, 2.05) is 22.9 Å². The Hall–Kier alpha value is -2.46. The van der Waals surface area contributed by atoms with Gasteiger partial charge in [-0.05, 0) is 42.8 Å². The van der Waals surface area contributed by atoms with Crippen LogP contribution in [0.25, 0.3) is 11.3 Å². The predicted octanol–water partition coefficient (Wildman–Crippen LogP) is 4.06. The number of fused-ring (bicyclic) bond motifs is 1. The van der Waals surface area contributed by atoms with Crippen molar-refractivity contribution in [1.82, 2.24) is 4.57 Å². The molecule has 3 aromatic rings. The summed E-state index contributed by atoms with van der Waals surface area (Å²) in [5, 5.41) is 0.475. The fraction of sp³-hybridized carbons (Fsp3) is 0.200. The van der Waals surface area contributed by atoms with Crippen LogP contribution in [0.1, 0.15) is 22.6 Å². The maximum atomic E-state index is 13.2. The Kier molecular flexibility index (Phi) is 4.14. The maximum absolute atomic E-state index is 13.2. The van der Waals surface area contributed by atoms with Crippen LogP contribution >= 0.6 is 11.6 Å². The second kappa shape index (κ2) is 6.45. The van der Waals surface area contributed by atoms with Gasteiger partial charge in [-0.1, -0.05) is 23.7 Å². The monoisotopic (exact) mass is 355 g/mol. The van der Waals surface area contributed by atoms with Gasteiger partial charge in [-0.15, -0.1) is 0 Å². The first-order valence-electron chi connectivity index (χ1n) is 8.29. The lowest BCUT2D eigenvalue weighted by molar-refractivity contribution is -0.689. The predicted molar refractivity (Wildman–Crippen MR) is 94.1 cm³/mol. The lowest BCUT2D eigenvalue weighted by atomic mass is 10.1. The van der Waals surface area contributed by atoms with Crippen LogP contribution < -0.4 is 4.57 Å². The summed E-state index contributed by atoms with van der Waals surface area (Å²) in [5.74, 6) is 0.861. The average molecular weight is 356 g/mol. The number of hydrogen-bond donors (Lipinski definition) is 0. The second-order valence-electron chi connectivity index (χ2n) is 6.22. The van der Waals surface area contributed by atoms with E-state index >= 15 is 0 Å². The minimum Gasteiger partial charge on any atom is -0.290 e. The van der Waals surface area contributed by atoms with Gasteiger partial charge in [-0.2, -0.15) is 0 Å². The van der Waals surface area contributed by atoms with E-state index in [1.165, 1.54) is 12.1 Å². The minimum absolute atomic E-state index is 0.0124. The van der Waals surface area contributed by atoms with Crippen molar-refractivity contribution in [2.24, 2.45) is 0 Å². The van der Waals surface area contributed by atoms with Gasteiger partial charge >= 0.3 is 0 Å². The molecular formula is C20H17ClFN2O+. The largest absolute Gasteiger partial charge is 0.290 e. The molecule has 0 N–H and O–H groups in total. The molecule has 0 saturated carbocycles. The van der Waals surface area contributed by atoms with E-state index in [0.29, 0.717) is 10.6 Å². The third-order valence-corrected chi connectivity index (χ3v) is 4.95. The standard InChI is InChI=1S/C20H17ClFN2O/c21-17-5-2-1-4-16(17)19(25)13-23-12-18(24-11-3-6-20(23)24)14-7-9-15(22)10-8-14/h1-2,4-5,7-10,12H,3,6,11,13H2/q+1. The first kappa shape index (κ1) is 16.0. The molecular weight excluding hydrogens is 339 g/mol. The minimum atomic E-state index is -0.251. The molecule has 126 valence electrons. The van der Waals surface area contributed by atoms with Crippen LogP contribution in [0.2, 0.25) is 5.02 Å². The first-order chi connectivity index (χ1) is 12.1. The summed E-state index contributed by atoms with van der Waals surface area (Å²) in [7, 11) is 0. The Labute approximate surface area is 150 Å². The zero-order valence-corrected chi connectivity index (χ0v) is 14.3. The third-order valence-electron chi connectivity index (χ3n) is 4.62. The Morgan fingerprint density at radius 3 is 2.68 bits per heavy atom. The molecule has 0 amide bonds. The van der Waals surface area contributed by atoms with E-state index in [-0.39, 0.29) is 18.1 Å². The molecule has 0 bridgehead atoms. The highest BCUT2D eigenvalue weighted by molar-refractivity contribution is 6.33. The van der Waals surface area contributed by atoms with Crippen LogP contribution in [-0.2, 0) is 19.5 Å². The summed E-state index contributed by atoms with van der Waals surface area (Å²) >= 11 is 6.15. The van der Waals surface area contributed by atoms with Crippen LogP contribution in [-0.4, -0.2) is 10.4 Å². The fourth-order valence-corrected chi connectivity index (χ4v) is 3.67. The van der Waals surface area contributed by atoms with Crippen molar-refractivity contribution in [3.05, 3.63) is 77.0 Å². The zero-order chi connectivity index (χ0) is 17.4. The molecule has 5 heteroatoms. The number of rotatable bonds is 4. The number of carbonyl (C=O) groups is 1. The van der Waals surface area contributed by atoms with Gasteiger partial charge in [-0.3, -0.25) is 4.79 Å². The molecule has 0 fully saturated rings. The van der Waals surface area contributed by atoms with Crippen molar-refractivity contribution in [2.75, 3.05) is 0 Å². The third kappa shape index (κ3) is 2.98. The van der Waals surface area contributed by atoms with E-state index in [1.54, 1.807) is 24.3 Å². The number of Topliss-reactive ketones (excluding diaryl/α,β-unsaturated/α-hetero) is 1. The SMILES string of the molecule is O=C(C[n+]1cc(-c2ccc(F)cc2)n2c1CCC2)c1ccccc1Cl. The average Bonchev–Trinajstić information content (AvgIpc) is 3.20. The topological polar surface area (TPSA) is 25.9 Å². The lowest BCUT2D eigenvalue weighted by Crippen LogP contribution is -2.40. The number of imidazole rings is 1. The number of aromatic nitrogens is 2. The molecule has 0 aliphatic carbocycles. The number of hydrogen-bond acceptors (Lipinski definition) is 1. The molecule has 0 spiro atoms. The molecule has 1 aliphatic rings. The summed E-state index contributed by atoms with van der Waals surface area (Å²) in [6.07, 6.45) is 3.96. The van der Waals surface area contributed by atoms with Crippen molar-refractivity contribution in [3.63, 3.8) is 0 Å². The summed E-state index contributed by atoms with van der Waals surface area (Å²) < 4.78 is 17.4. The summed E-state index contributed by atoms with van der Waals surface area (Å²) in [6.45, 7) is 1.16. The molecule has 4 rings (SSSR count). The van der Waals surface area contributed by atoms with Gasteiger partial charge in [0.1, 0.15) is 12.0 Å². The van der Waals surface area contributed by atoms with Crippen LogP contribution in [0, 0.1) is 5.82 Å². The number of carbonyl (C=O) groups excluding carboxylic acids is 1. The Balaban J connectivity index is 1.69. The molecule has 0 radical (unpaired) electrons. The highest BCUT2D eigenvalue weighted by Gasteiger charge is 2.30. The quantitative estimate of drug-likeness (QED) is 0.512. The van der Waals surface area contributed by atoms with E-state index < -0.39 is 0 Å². The molecule has 3 nitrogen and oxygen atoms in total. The van der Waals surface area contributed by atoms with Crippen molar-refractivity contribution < 1.29 is 13.8 Å². The second-order valence-corrected chi connectivity index (χ2v) is 6.63. The molecule has 0 unspecified atom stereocenters. The summed E-state index contributed by atoms with van der Waals surface area (Å²) in [6, 6.07) is 13.6. The Morgan fingerprint density at radius 2 is 1.92 bits per heavy atom. The van der Waals surface area contributed by atoms with Gasteiger partial charge in [-0.25, -0.2) is 13.5 Å². The smallest absolute Gasteiger partial charge is 0.257 e.